The van der Waals surface area contributed by atoms with Crippen molar-refractivity contribution in [3.8, 4) is 0 Å². The van der Waals surface area contributed by atoms with Crippen LogP contribution in [0.15, 0.2) is 5.16 Å². The van der Waals surface area contributed by atoms with Gasteiger partial charge >= 0.3 is 0 Å². The first-order valence-corrected chi connectivity index (χ1v) is 6.75. The van der Waals surface area contributed by atoms with Crippen LogP contribution in [0.1, 0.15) is 46.5 Å². The van der Waals surface area contributed by atoms with Crippen molar-refractivity contribution in [1.82, 2.24) is 4.90 Å². The molecule has 3 N–H and O–H groups in total. The highest BCUT2D eigenvalue weighted by molar-refractivity contribution is 5.80. The van der Waals surface area contributed by atoms with Gasteiger partial charge in [0.05, 0.1) is 0 Å². The first-order valence-electron chi connectivity index (χ1n) is 6.75. The fraction of sp³-hybridized carbons (Fsp3) is 0.923. The van der Waals surface area contributed by atoms with Crippen molar-refractivity contribution >= 4 is 5.84 Å². The van der Waals surface area contributed by atoms with Gasteiger partial charge in [0, 0.05) is 12.5 Å². The third-order valence-electron chi connectivity index (χ3n) is 4.01. The fourth-order valence-electron chi connectivity index (χ4n) is 2.72. The molecule has 2 atom stereocenters. The van der Waals surface area contributed by atoms with Crippen LogP contribution in [0.5, 0.6) is 0 Å². The molecule has 0 saturated carbocycles. The molecule has 0 aromatic carbocycles. The van der Waals surface area contributed by atoms with E-state index in [1.807, 2.05) is 0 Å². The second kappa shape index (κ2) is 6.84. The summed E-state index contributed by atoms with van der Waals surface area (Å²) in [5.41, 5.74) is 5.57. The Bertz CT molecular complexity index is 253. The fourth-order valence-corrected chi connectivity index (χ4v) is 2.72. The summed E-state index contributed by atoms with van der Waals surface area (Å²) in [6, 6.07) is 0.372. The van der Waals surface area contributed by atoms with Gasteiger partial charge in [0.1, 0.15) is 5.84 Å². The Labute approximate surface area is 105 Å². The highest BCUT2D eigenvalue weighted by atomic mass is 16.4. The van der Waals surface area contributed by atoms with Gasteiger partial charge < -0.3 is 15.8 Å². The zero-order valence-corrected chi connectivity index (χ0v) is 11.4. The molecule has 1 aliphatic heterocycles. The average molecular weight is 241 g/mol. The Balaban J connectivity index is 2.45. The number of hydrogen-bond donors (Lipinski definition) is 2. The summed E-state index contributed by atoms with van der Waals surface area (Å²) in [4.78, 5) is 2.47. The Morgan fingerprint density at radius 3 is 2.65 bits per heavy atom. The third-order valence-corrected chi connectivity index (χ3v) is 4.01. The molecule has 4 nitrogen and oxygen atoms in total. The minimum Gasteiger partial charge on any atom is -0.409 e. The summed E-state index contributed by atoms with van der Waals surface area (Å²) in [5, 5.41) is 11.7. The zero-order valence-electron chi connectivity index (χ0n) is 11.4. The molecule has 1 heterocycles. The summed E-state index contributed by atoms with van der Waals surface area (Å²) >= 11 is 0. The molecule has 0 bridgehead atoms. The van der Waals surface area contributed by atoms with Crippen molar-refractivity contribution in [2.24, 2.45) is 22.7 Å². The molecular formula is C13H27N3O. The van der Waals surface area contributed by atoms with Gasteiger partial charge in [0.2, 0.25) is 0 Å². The lowest BCUT2D eigenvalue weighted by atomic mass is 9.89. The molecule has 1 fully saturated rings. The lowest BCUT2D eigenvalue weighted by Crippen LogP contribution is -2.37. The molecule has 4 heteroatoms. The Kier molecular flexibility index (Phi) is 5.75. The van der Waals surface area contributed by atoms with E-state index in [-0.39, 0.29) is 0 Å². The molecule has 17 heavy (non-hydrogen) atoms. The van der Waals surface area contributed by atoms with E-state index in [2.05, 4.69) is 30.8 Å². The molecule has 1 saturated heterocycles. The van der Waals surface area contributed by atoms with Crippen molar-refractivity contribution in [3.05, 3.63) is 0 Å². The van der Waals surface area contributed by atoms with E-state index in [9.17, 15) is 0 Å². The van der Waals surface area contributed by atoms with Crippen molar-refractivity contribution in [2.75, 3.05) is 13.1 Å². The summed E-state index contributed by atoms with van der Waals surface area (Å²) < 4.78 is 0. The molecule has 0 aromatic heterocycles. The largest absolute Gasteiger partial charge is 0.409 e. The predicted molar refractivity (Wildman–Crippen MR) is 71.2 cm³/mol. The number of rotatable bonds is 4. The maximum Gasteiger partial charge on any atom is 0.140 e. The highest BCUT2D eigenvalue weighted by Crippen LogP contribution is 2.25. The van der Waals surface area contributed by atoms with E-state index in [4.69, 9.17) is 10.9 Å². The molecule has 0 aromatic rings. The molecule has 0 amide bonds. The van der Waals surface area contributed by atoms with Crippen LogP contribution in [0, 0.1) is 11.8 Å². The van der Waals surface area contributed by atoms with Crippen LogP contribution in [0.3, 0.4) is 0 Å². The summed E-state index contributed by atoms with van der Waals surface area (Å²) in [5.74, 6) is 1.98. The quantitative estimate of drug-likeness (QED) is 0.343. The van der Waals surface area contributed by atoms with Crippen molar-refractivity contribution in [1.29, 1.82) is 0 Å². The lowest BCUT2D eigenvalue weighted by Gasteiger charge is -2.27. The van der Waals surface area contributed by atoms with Crippen LogP contribution in [0.4, 0.5) is 0 Å². The third kappa shape index (κ3) is 4.54. The number of nitrogens with two attached hydrogens (primary N) is 1. The number of oxime groups is 1. The van der Waals surface area contributed by atoms with Gasteiger partial charge in [-0.15, -0.1) is 0 Å². The summed E-state index contributed by atoms with van der Waals surface area (Å²) in [7, 11) is 0. The average Bonchev–Trinajstić information content (AvgIpc) is 2.54. The Morgan fingerprint density at radius 1 is 1.35 bits per heavy atom. The molecule has 0 radical (unpaired) electrons. The summed E-state index contributed by atoms with van der Waals surface area (Å²) in [6.07, 6.45) is 4.54. The minimum atomic E-state index is 0.335. The zero-order chi connectivity index (χ0) is 12.8. The smallest absolute Gasteiger partial charge is 0.140 e. The van der Waals surface area contributed by atoms with Gasteiger partial charge in [-0.25, -0.2) is 0 Å². The highest BCUT2D eigenvalue weighted by Gasteiger charge is 2.22. The van der Waals surface area contributed by atoms with Gasteiger partial charge in [0.15, 0.2) is 0 Å². The standard InChI is InChI=1S/C13H27N3O/c1-10(2)12-5-4-7-16(8-6-12)11(3)9-13(14)15-17/h10-12,17H,4-9H2,1-3H3,(H2,14,15). The van der Waals surface area contributed by atoms with E-state index in [1.54, 1.807) is 0 Å². The topological polar surface area (TPSA) is 61.8 Å². The van der Waals surface area contributed by atoms with E-state index in [0.29, 0.717) is 18.3 Å². The predicted octanol–water partition coefficient (Wildman–Crippen LogP) is 2.27. The van der Waals surface area contributed by atoms with E-state index >= 15 is 0 Å². The van der Waals surface area contributed by atoms with Crippen molar-refractivity contribution < 1.29 is 5.21 Å². The van der Waals surface area contributed by atoms with Crippen LogP contribution < -0.4 is 5.73 Å². The maximum atomic E-state index is 8.60. The number of amidine groups is 1. The van der Waals surface area contributed by atoms with Gasteiger partial charge in [-0.05, 0) is 51.1 Å². The van der Waals surface area contributed by atoms with Gasteiger partial charge in [0.25, 0.3) is 0 Å². The van der Waals surface area contributed by atoms with Crippen LogP contribution in [0.2, 0.25) is 0 Å². The van der Waals surface area contributed by atoms with Crippen molar-refractivity contribution in [2.45, 2.75) is 52.5 Å². The monoisotopic (exact) mass is 241 g/mol. The van der Waals surface area contributed by atoms with E-state index < -0.39 is 0 Å². The van der Waals surface area contributed by atoms with E-state index in [1.165, 1.54) is 19.3 Å². The van der Waals surface area contributed by atoms with Crippen LogP contribution in [-0.2, 0) is 0 Å². The van der Waals surface area contributed by atoms with Crippen LogP contribution in [0.25, 0.3) is 0 Å². The second-order valence-corrected chi connectivity index (χ2v) is 5.62. The number of hydrogen-bond acceptors (Lipinski definition) is 3. The normalized spacial score (nSPS) is 25.9. The molecule has 0 spiro atoms. The van der Waals surface area contributed by atoms with Crippen LogP contribution in [-0.4, -0.2) is 35.1 Å². The van der Waals surface area contributed by atoms with E-state index in [0.717, 1.165) is 24.9 Å². The Morgan fingerprint density at radius 2 is 2.06 bits per heavy atom. The number of likely N-dealkylation sites (tertiary alicyclic amines) is 1. The first-order chi connectivity index (χ1) is 8.04. The van der Waals surface area contributed by atoms with Crippen LogP contribution >= 0.6 is 0 Å². The molecule has 0 aliphatic carbocycles. The maximum absolute atomic E-state index is 8.60. The second-order valence-electron chi connectivity index (χ2n) is 5.62. The molecule has 2 unspecified atom stereocenters. The van der Waals surface area contributed by atoms with Gasteiger partial charge in [-0.1, -0.05) is 19.0 Å². The first kappa shape index (κ1) is 14.3. The molecule has 1 aliphatic rings. The molecule has 100 valence electrons. The van der Waals surface area contributed by atoms with Gasteiger partial charge in [-0.2, -0.15) is 0 Å². The minimum absolute atomic E-state index is 0.335. The van der Waals surface area contributed by atoms with Crippen molar-refractivity contribution in [3.63, 3.8) is 0 Å². The van der Waals surface area contributed by atoms with Gasteiger partial charge in [-0.3, -0.25) is 0 Å². The molecular weight excluding hydrogens is 214 g/mol. The molecule has 1 rings (SSSR count). The SMILES string of the molecule is CC(C)C1CCCN(C(C)CC(N)=NO)CC1. The Hall–Kier alpha value is -0.770. The number of nitrogens with zero attached hydrogens (tertiary/aromatic N) is 2. The lowest BCUT2D eigenvalue weighted by molar-refractivity contribution is 0.213. The summed E-state index contributed by atoms with van der Waals surface area (Å²) in [6.45, 7) is 9.08.